The summed E-state index contributed by atoms with van der Waals surface area (Å²) < 4.78 is 12.8. The van der Waals surface area contributed by atoms with Crippen LogP contribution in [0.15, 0.2) is 59.3 Å². The van der Waals surface area contributed by atoms with E-state index >= 15 is 0 Å². The van der Waals surface area contributed by atoms with Crippen LogP contribution in [0.1, 0.15) is 12.5 Å². The summed E-state index contributed by atoms with van der Waals surface area (Å²) in [6.45, 7) is 1.15. The second-order valence-corrected chi connectivity index (χ2v) is 7.70. The lowest BCUT2D eigenvalue weighted by molar-refractivity contribution is 0.221. The topological polar surface area (TPSA) is 85.4 Å². The molecular weight excluding hydrogens is 418 g/mol. The summed E-state index contributed by atoms with van der Waals surface area (Å²) in [7, 11) is 1.55. The lowest BCUT2D eigenvalue weighted by Gasteiger charge is -2.19. The number of imidazole rings is 1. The first kappa shape index (κ1) is 19.4. The number of urea groups is 1. The third-order valence-electron chi connectivity index (χ3n) is 5.41. The number of fused-ring (bicyclic) bond motifs is 1. The second kappa shape index (κ2) is 7.96. The zero-order valence-electron chi connectivity index (χ0n) is 16.8. The fraction of sp³-hybridized carbons (Fsp3) is 0.227. The standard InChI is InChI=1S/C22H20ClN5O3/c1-30-18-7-6-14(12-16(18)23)25-22(29)27-10-8-15(13-27)28-20-17(4-2-9-24-20)26-21(28)19-5-3-11-31-19/h2-7,9,11-12,15H,8,10,13H2,1H3,(H,25,29)/t15-/m1/s1. The average molecular weight is 438 g/mol. The van der Waals surface area contributed by atoms with Crippen LogP contribution in [-0.4, -0.2) is 45.7 Å². The van der Waals surface area contributed by atoms with Gasteiger partial charge in [-0.2, -0.15) is 0 Å². The van der Waals surface area contributed by atoms with Crippen LogP contribution >= 0.6 is 11.6 Å². The van der Waals surface area contributed by atoms with Gasteiger partial charge in [-0.05, 0) is 48.9 Å². The molecule has 0 spiro atoms. The first-order valence-corrected chi connectivity index (χ1v) is 10.3. The van der Waals surface area contributed by atoms with E-state index in [0.29, 0.717) is 41.1 Å². The van der Waals surface area contributed by atoms with E-state index < -0.39 is 0 Å². The molecule has 1 aliphatic rings. The number of halogens is 1. The molecule has 3 aromatic heterocycles. The number of hydrogen-bond donors (Lipinski definition) is 1. The van der Waals surface area contributed by atoms with Crippen LogP contribution in [-0.2, 0) is 0 Å². The van der Waals surface area contributed by atoms with Gasteiger partial charge < -0.3 is 23.9 Å². The Morgan fingerprint density at radius 2 is 2.19 bits per heavy atom. The second-order valence-electron chi connectivity index (χ2n) is 7.30. The van der Waals surface area contributed by atoms with E-state index in [0.717, 1.165) is 17.6 Å². The fourth-order valence-corrected chi connectivity index (χ4v) is 4.20. The van der Waals surface area contributed by atoms with Gasteiger partial charge in [0, 0.05) is 25.0 Å². The summed E-state index contributed by atoms with van der Waals surface area (Å²) in [5.74, 6) is 1.95. The van der Waals surface area contributed by atoms with Crippen LogP contribution in [0.2, 0.25) is 5.02 Å². The van der Waals surface area contributed by atoms with Gasteiger partial charge in [-0.1, -0.05) is 11.6 Å². The lowest BCUT2D eigenvalue weighted by Crippen LogP contribution is -2.33. The van der Waals surface area contributed by atoms with Gasteiger partial charge in [0.2, 0.25) is 0 Å². The number of likely N-dealkylation sites (tertiary alicyclic amines) is 1. The molecule has 9 heteroatoms. The number of amides is 2. The zero-order valence-corrected chi connectivity index (χ0v) is 17.5. The van der Waals surface area contributed by atoms with Gasteiger partial charge in [0.15, 0.2) is 17.2 Å². The van der Waals surface area contributed by atoms with Crippen LogP contribution in [0.25, 0.3) is 22.7 Å². The minimum absolute atomic E-state index is 0.0326. The molecule has 2 amide bonds. The van der Waals surface area contributed by atoms with Crippen LogP contribution < -0.4 is 10.1 Å². The molecule has 0 saturated carbocycles. The third-order valence-corrected chi connectivity index (χ3v) is 5.70. The molecular formula is C22H20ClN5O3. The number of aromatic nitrogens is 3. The van der Waals surface area contributed by atoms with E-state index in [1.165, 1.54) is 0 Å². The van der Waals surface area contributed by atoms with Crippen molar-refractivity contribution in [3.63, 3.8) is 0 Å². The van der Waals surface area contributed by atoms with Gasteiger partial charge >= 0.3 is 6.03 Å². The van der Waals surface area contributed by atoms with Gasteiger partial charge in [0.1, 0.15) is 11.3 Å². The molecule has 8 nitrogen and oxygen atoms in total. The highest BCUT2D eigenvalue weighted by Gasteiger charge is 2.31. The molecule has 5 rings (SSSR count). The SMILES string of the molecule is COc1ccc(NC(=O)N2CC[C@@H](n3c(-c4ccco4)nc4cccnc43)C2)cc1Cl. The number of nitrogens with zero attached hydrogens (tertiary/aromatic N) is 4. The maximum atomic E-state index is 12.9. The highest BCUT2D eigenvalue weighted by atomic mass is 35.5. The number of anilines is 1. The van der Waals surface area contributed by atoms with Gasteiger partial charge in [-0.3, -0.25) is 0 Å². The Morgan fingerprint density at radius 1 is 1.29 bits per heavy atom. The predicted molar refractivity (Wildman–Crippen MR) is 117 cm³/mol. The molecule has 0 aliphatic carbocycles. The highest BCUT2D eigenvalue weighted by molar-refractivity contribution is 6.32. The largest absolute Gasteiger partial charge is 0.495 e. The van der Waals surface area contributed by atoms with Crippen molar-refractivity contribution in [2.24, 2.45) is 0 Å². The van der Waals surface area contributed by atoms with Crippen molar-refractivity contribution >= 4 is 34.5 Å². The van der Waals surface area contributed by atoms with Gasteiger partial charge in [-0.25, -0.2) is 14.8 Å². The number of carbonyl (C=O) groups excluding carboxylic acids is 1. The first-order valence-electron chi connectivity index (χ1n) is 9.90. The van der Waals surface area contributed by atoms with Crippen molar-refractivity contribution in [3.8, 4) is 17.3 Å². The van der Waals surface area contributed by atoms with Crippen LogP contribution in [0.5, 0.6) is 5.75 Å². The normalized spacial score (nSPS) is 16.1. The molecule has 4 heterocycles. The number of hydrogen-bond acceptors (Lipinski definition) is 5. The monoisotopic (exact) mass is 437 g/mol. The molecule has 158 valence electrons. The summed E-state index contributed by atoms with van der Waals surface area (Å²) in [6, 6.07) is 12.5. The Balaban J connectivity index is 1.38. The van der Waals surface area contributed by atoms with Crippen LogP contribution in [0.3, 0.4) is 0 Å². The van der Waals surface area contributed by atoms with E-state index in [4.69, 9.17) is 25.7 Å². The quantitative estimate of drug-likeness (QED) is 0.494. The number of nitrogens with one attached hydrogen (secondary N) is 1. The summed E-state index contributed by atoms with van der Waals surface area (Å²) in [5, 5.41) is 3.35. The molecule has 0 radical (unpaired) electrons. The van der Waals surface area contributed by atoms with Crippen molar-refractivity contribution < 1.29 is 13.9 Å². The van der Waals surface area contributed by atoms with Crippen LogP contribution in [0, 0.1) is 0 Å². The van der Waals surface area contributed by atoms with Crippen molar-refractivity contribution in [1.82, 2.24) is 19.4 Å². The lowest BCUT2D eigenvalue weighted by atomic mass is 10.2. The predicted octanol–water partition coefficient (Wildman–Crippen LogP) is 4.83. The number of carbonyl (C=O) groups is 1. The van der Waals surface area contributed by atoms with E-state index in [-0.39, 0.29) is 12.1 Å². The molecule has 1 aromatic carbocycles. The summed E-state index contributed by atoms with van der Waals surface area (Å²) in [4.78, 5) is 23.9. The maximum Gasteiger partial charge on any atom is 0.321 e. The molecule has 1 saturated heterocycles. The molecule has 31 heavy (non-hydrogen) atoms. The highest BCUT2D eigenvalue weighted by Crippen LogP contribution is 2.33. The van der Waals surface area contributed by atoms with Crippen molar-refractivity contribution in [2.45, 2.75) is 12.5 Å². The summed E-state index contributed by atoms with van der Waals surface area (Å²) in [6.07, 6.45) is 4.16. The molecule has 1 N–H and O–H groups in total. The van der Waals surface area contributed by atoms with Crippen molar-refractivity contribution in [1.29, 1.82) is 0 Å². The molecule has 1 aliphatic heterocycles. The molecule has 0 bridgehead atoms. The molecule has 4 aromatic rings. The van der Waals surface area contributed by atoms with E-state index in [2.05, 4.69) is 14.9 Å². The fourth-order valence-electron chi connectivity index (χ4n) is 3.94. The van der Waals surface area contributed by atoms with Gasteiger partial charge in [0.25, 0.3) is 0 Å². The van der Waals surface area contributed by atoms with E-state index in [1.807, 2.05) is 24.3 Å². The average Bonchev–Trinajstić information content (AvgIpc) is 3.52. The van der Waals surface area contributed by atoms with Gasteiger partial charge in [-0.15, -0.1) is 0 Å². The van der Waals surface area contributed by atoms with E-state index in [1.54, 1.807) is 42.7 Å². The number of furan rings is 1. The van der Waals surface area contributed by atoms with Crippen molar-refractivity contribution in [2.75, 3.05) is 25.5 Å². The number of pyridine rings is 1. The number of benzene rings is 1. The Morgan fingerprint density at radius 3 is 2.97 bits per heavy atom. The van der Waals surface area contributed by atoms with Crippen LogP contribution in [0.4, 0.5) is 10.5 Å². The molecule has 1 fully saturated rings. The number of methoxy groups -OCH3 is 1. The molecule has 0 unspecified atom stereocenters. The summed E-state index contributed by atoms with van der Waals surface area (Å²) >= 11 is 6.17. The smallest absolute Gasteiger partial charge is 0.321 e. The minimum atomic E-state index is -0.180. The zero-order chi connectivity index (χ0) is 21.4. The number of rotatable bonds is 4. The molecule has 1 atom stereocenters. The maximum absolute atomic E-state index is 12.9. The Hall–Kier alpha value is -3.52. The van der Waals surface area contributed by atoms with Gasteiger partial charge in [0.05, 0.1) is 24.4 Å². The first-order chi connectivity index (χ1) is 15.1. The third kappa shape index (κ3) is 3.59. The van der Waals surface area contributed by atoms with E-state index in [9.17, 15) is 4.79 Å². The van der Waals surface area contributed by atoms with Crippen molar-refractivity contribution in [3.05, 3.63) is 59.9 Å². The Labute approximate surface area is 183 Å². The Kier molecular flexibility index (Phi) is 4.99. The summed E-state index contributed by atoms with van der Waals surface area (Å²) in [5.41, 5.74) is 2.19. The Bertz CT molecular complexity index is 1240. The number of ether oxygens (including phenoxy) is 1. The minimum Gasteiger partial charge on any atom is -0.495 e.